The van der Waals surface area contributed by atoms with Gasteiger partial charge in [0.25, 0.3) is 0 Å². The Morgan fingerprint density at radius 3 is 1.91 bits per heavy atom. The zero-order valence-corrected chi connectivity index (χ0v) is 36.8. The molecule has 3 heterocycles. The van der Waals surface area contributed by atoms with Crippen LogP contribution in [0.25, 0.3) is 55.6 Å². The van der Waals surface area contributed by atoms with Crippen LogP contribution in [0.2, 0.25) is 19.6 Å². The molecule has 0 saturated carbocycles. The molecule has 53 heavy (non-hydrogen) atoms. The van der Waals surface area contributed by atoms with E-state index in [4.69, 9.17) is 4.42 Å². The van der Waals surface area contributed by atoms with Gasteiger partial charge in [0.2, 0.25) is 0 Å². The van der Waals surface area contributed by atoms with Crippen LogP contribution in [0.4, 0.5) is 0 Å². The molecular weight excluding hydrogens is 841 g/mol. The summed E-state index contributed by atoms with van der Waals surface area (Å²) in [6, 6.07) is 36.8. The number of pyridine rings is 2. The third-order valence-corrected chi connectivity index (χ3v) is 12.0. The molecule has 3 aromatic heterocycles. The van der Waals surface area contributed by atoms with E-state index >= 15 is 0 Å². The molecule has 7 rings (SSSR count). The van der Waals surface area contributed by atoms with E-state index in [1.165, 1.54) is 38.6 Å². The van der Waals surface area contributed by atoms with E-state index in [-0.39, 0.29) is 30.9 Å². The summed E-state index contributed by atoms with van der Waals surface area (Å²) in [5, 5.41) is 3.65. The molecule has 5 heteroatoms. The zero-order chi connectivity index (χ0) is 37.6. The first-order valence-electron chi connectivity index (χ1n) is 18.3. The number of aromatic nitrogens is 2. The molecule has 0 unspecified atom stereocenters. The van der Waals surface area contributed by atoms with Crippen molar-refractivity contribution in [2.75, 3.05) is 0 Å². The standard InChI is InChI=1S/C31H30NO.C17H22NSi.Ir/c1-30(2,3)22-13-10-20(11-14-22)21-12-15-24-25-8-7-9-26(29(25)33-28(24)18-21)27-19-23(16-17-32-27)31(4,5)6;1-12-7-8-15(13(2)9-12)16-10-14(3)17(11-18-16)19(4,5)6;/h7-8,10-19H,1-6H3;7,9-11H,1-6H3;/q2*-1;. The van der Waals surface area contributed by atoms with Gasteiger partial charge in [-0.1, -0.05) is 140 Å². The van der Waals surface area contributed by atoms with Gasteiger partial charge in [0, 0.05) is 37.9 Å². The number of hydrogen-bond donors (Lipinski definition) is 0. The SMILES string of the molecule is CC(C)(C)c1ccc(-c2ccc3c(c2)oc2c(-c4cc(C(C)(C)C)ccn4)[c-]ccc23)cc1.Cc1c[c-]c(-c2cc(C)c([Si](C)(C)C)cn2)c(C)c1.[Ir]. The Morgan fingerprint density at radius 1 is 0.623 bits per heavy atom. The van der Waals surface area contributed by atoms with Gasteiger partial charge in [0.1, 0.15) is 5.58 Å². The van der Waals surface area contributed by atoms with E-state index in [0.717, 1.165) is 50.0 Å². The third-order valence-electron chi connectivity index (χ3n) is 9.86. The van der Waals surface area contributed by atoms with Crippen LogP contribution in [0, 0.1) is 32.9 Å². The van der Waals surface area contributed by atoms with E-state index < -0.39 is 8.07 Å². The molecule has 0 saturated heterocycles. The predicted octanol–water partition coefficient (Wildman–Crippen LogP) is 12.7. The fourth-order valence-electron chi connectivity index (χ4n) is 6.82. The van der Waals surface area contributed by atoms with E-state index in [9.17, 15) is 0 Å². The van der Waals surface area contributed by atoms with Crippen LogP contribution in [-0.2, 0) is 30.9 Å². The van der Waals surface area contributed by atoms with Crippen LogP contribution in [0.3, 0.4) is 0 Å². The van der Waals surface area contributed by atoms with Crippen LogP contribution in [0.1, 0.15) is 69.4 Å². The van der Waals surface area contributed by atoms with Crippen LogP contribution >= 0.6 is 0 Å². The van der Waals surface area contributed by atoms with Crippen molar-refractivity contribution in [1.82, 2.24) is 9.97 Å². The summed E-state index contributed by atoms with van der Waals surface area (Å²) in [6.45, 7) is 26.9. The summed E-state index contributed by atoms with van der Waals surface area (Å²) in [5.41, 5.74) is 14.7. The van der Waals surface area contributed by atoms with Gasteiger partial charge in [-0.25, -0.2) is 0 Å². The van der Waals surface area contributed by atoms with Crippen molar-refractivity contribution in [1.29, 1.82) is 0 Å². The molecule has 4 aromatic carbocycles. The van der Waals surface area contributed by atoms with E-state index in [1.54, 1.807) is 0 Å². The van der Waals surface area contributed by atoms with Gasteiger partial charge in [0.15, 0.2) is 0 Å². The van der Waals surface area contributed by atoms with Crippen molar-refractivity contribution < 1.29 is 24.5 Å². The van der Waals surface area contributed by atoms with Crippen molar-refractivity contribution in [3.63, 3.8) is 0 Å². The average Bonchev–Trinajstić information content (AvgIpc) is 3.45. The molecule has 3 nitrogen and oxygen atoms in total. The van der Waals surface area contributed by atoms with Gasteiger partial charge in [-0.15, -0.1) is 53.1 Å². The maximum Gasteiger partial charge on any atom is 0.121 e. The maximum absolute atomic E-state index is 6.43. The van der Waals surface area contributed by atoms with Crippen LogP contribution in [0.5, 0.6) is 0 Å². The summed E-state index contributed by atoms with van der Waals surface area (Å²) in [6.07, 6.45) is 3.95. The molecule has 275 valence electrons. The van der Waals surface area contributed by atoms with Crippen molar-refractivity contribution in [3.05, 3.63) is 137 Å². The van der Waals surface area contributed by atoms with Crippen molar-refractivity contribution >= 4 is 35.2 Å². The molecule has 0 aliphatic heterocycles. The molecule has 0 aliphatic carbocycles. The summed E-state index contributed by atoms with van der Waals surface area (Å²) < 4.78 is 6.43. The number of nitrogens with zero attached hydrogens (tertiary/aromatic N) is 2. The molecule has 0 amide bonds. The van der Waals surface area contributed by atoms with Gasteiger partial charge in [-0.05, 0) is 68.7 Å². The normalized spacial score (nSPS) is 12.0. The molecule has 0 aliphatic rings. The molecular formula is C48H52IrN2OSi-2. The largest absolute Gasteiger partial charge is 0.501 e. The Hall–Kier alpha value is -4.15. The number of aryl methyl sites for hydroxylation is 3. The minimum absolute atomic E-state index is 0. The molecule has 0 N–H and O–H groups in total. The monoisotopic (exact) mass is 893 g/mol. The number of rotatable bonds is 4. The molecule has 0 bridgehead atoms. The minimum atomic E-state index is -1.30. The Kier molecular flexibility index (Phi) is 11.6. The fourth-order valence-corrected chi connectivity index (χ4v) is 8.52. The zero-order valence-electron chi connectivity index (χ0n) is 33.4. The van der Waals surface area contributed by atoms with Crippen LogP contribution in [-0.4, -0.2) is 18.0 Å². The Labute approximate surface area is 331 Å². The quantitative estimate of drug-likeness (QED) is 0.131. The first-order chi connectivity index (χ1) is 24.4. The molecule has 0 spiro atoms. The van der Waals surface area contributed by atoms with E-state index in [2.05, 4.69) is 183 Å². The van der Waals surface area contributed by atoms with E-state index in [1.807, 2.05) is 18.3 Å². The van der Waals surface area contributed by atoms with Crippen molar-refractivity contribution in [2.45, 2.75) is 92.8 Å². The second-order valence-corrected chi connectivity index (χ2v) is 22.3. The van der Waals surface area contributed by atoms with Crippen molar-refractivity contribution in [3.8, 4) is 33.6 Å². The molecule has 0 atom stereocenters. The Bertz CT molecular complexity index is 2390. The van der Waals surface area contributed by atoms with Gasteiger partial charge in [0.05, 0.1) is 13.7 Å². The predicted molar refractivity (Wildman–Crippen MR) is 224 cm³/mol. The summed E-state index contributed by atoms with van der Waals surface area (Å²) in [4.78, 5) is 9.32. The summed E-state index contributed by atoms with van der Waals surface area (Å²) in [7, 11) is -1.30. The number of fused-ring (bicyclic) bond motifs is 3. The third kappa shape index (κ3) is 8.81. The fraction of sp³-hybridized carbons (Fsp3) is 0.292. The van der Waals surface area contributed by atoms with Gasteiger partial charge in [-0.3, -0.25) is 0 Å². The van der Waals surface area contributed by atoms with Crippen LogP contribution < -0.4 is 5.19 Å². The first kappa shape index (κ1) is 40.0. The average molecular weight is 893 g/mol. The minimum Gasteiger partial charge on any atom is -0.501 e. The second-order valence-electron chi connectivity index (χ2n) is 17.3. The molecule has 7 aromatic rings. The van der Waals surface area contributed by atoms with Crippen molar-refractivity contribution in [2.24, 2.45) is 0 Å². The smallest absolute Gasteiger partial charge is 0.121 e. The number of furan rings is 1. The van der Waals surface area contributed by atoms with E-state index in [0.29, 0.717) is 0 Å². The maximum atomic E-state index is 6.43. The first-order valence-corrected chi connectivity index (χ1v) is 21.8. The Morgan fingerprint density at radius 2 is 1.28 bits per heavy atom. The molecule has 1 radical (unpaired) electrons. The van der Waals surface area contributed by atoms with Gasteiger partial charge in [-0.2, -0.15) is 0 Å². The van der Waals surface area contributed by atoms with Crippen LogP contribution in [0.15, 0.2) is 102 Å². The summed E-state index contributed by atoms with van der Waals surface area (Å²) in [5.74, 6) is 0. The van der Waals surface area contributed by atoms with Gasteiger partial charge >= 0.3 is 0 Å². The number of benzene rings is 4. The van der Waals surface area contributed by atoms with Gasteiger partial charge < -0.3 is 14.4 Å². The Balaban J connectivity index is 0.000000232. The summed E-state index contributed by atoms with van der Waals surface area (Å²) >= 11 is 0. The second kappa shape index (κ2) is 15.3. The molecule has 0 fully saturated rings. The number of hydrogen-bond acceptors (Lipinski definition) is 3. The topological polar surface area (TPSA) is 38.9 Å².